The van der Waals surface area contributed by atoms with Crippen LogP contribution < -0.4 is 19.6 Å². The summed E-state index contributed by atoms with van der Waals surface area (Å²) in [4.78, 5) is 24.2. The molecule has 0 unspecified atom stereocenters. The summed E-state index contributed by atoms with van der Waals surface area (Å²) in [6.45, 7) is 3.42. The highest BCUT2D eigenvalue weighted by molar-refractivity contribution is 5.80. The van der Waals surface area contributed by atoms with E-state index in [4.69, 9.17) is 23.4 Å². The normalized spacial score (nSPS) is 10.5. The minimum atomic E-state index is -0.470. The Labute approximate surface area is 161 Å². The smallest absolute Gasteiger partial charge is 0.344 e. The van der Waals surface area contributed by atoms with Crippen LogP contribution in [0.4, 0.5) is 0 Å². The van der Waals surface area contributed by atoms with Gasteiger partial charge in [-0.25, -0.2) is 4.79 Å². The van der Waals surface area contributed by atoms with Crippen LogP contribution >= 0.6 is 0 Å². The Morgan fingerprint density at radius 3 is 2.61 bits per heavy atom. The first kappa shape index (κ1) is 19.3. The van der Waals surface area contributed by atoms with Crippen LogP contribution in [0.15, 0.2) is 51.7 Å². The van der Waals surface area contributed by atoms with Gasteiger partial charge in [-0.15, -0.1) is 0 Å². The second-order valence-corrected chi connectivity index (χ2v) is 5.85. The minimum Gasteiger partial charge on any atom is -0.497 e. The van der Waals surface area contributed by atoms with Crippen LogP contribution in [0, 0.1) is 6.92 Å². The zero-order valence-corrected chi connectivity index (χ0v) is 15.8. The molecule has 0 saturated heterocycles. The molecule has 7 heteroatoms. The Hall–Kier alpha value is -3.48. The Kier molecular flexibility index (Phi) is 5.84. The van der Waals surface area contributed by atoms with E-state index < -0.39 is 5.97 Å². The van der Waals surface area contributed by atoms with E-state index in [1.807, 2.05) is 0 Å². The van der Waals surface area contributed by atoms with Gasteiger partial charge in [0.1, 0.15) is 28.6 Å². The molecule has 1 heterocycles. The van der Waals surface area contributed by atoms with E-state index in [9.17, 15) is 9.59 Å². The predicted octanol–water partition coefficient (Wildman–Crippen LogP) is 3.84. The number of fused-ring (bicyclic) bond motifs is 1. The second-order valence-electron chi connectivity index (χ2n) is 5.85. The van der Waals surface area contributed by atoms with Crippen molar-refractivity contribution in [3.05, 3.63) is 58.4 Å². The molecule has 0 aliphatic rings. The molecule has 0 bridgehead atoms. The lowest BCUT2D eigenvalue weighted by molar-refractivity contribution is -0.145. The lowest BCUT2D eigenvalue weighted by Gasteiger charge is -2.11. The van der Waals surface area contributed by atoms with Crippen LogP contribution in [0.5, 0.6) is 23.0 Å². The summed E-state index contributed by atoms with van der Waals surface area (Å²) in [5.41, 5.74) is 0.0281. The van der Waals surface area contributed by atoms with Crippen LogP contribution in [0.25, 0.3) is 11.0 Å². The fraction of sp³-hybridized carbons (Fsp3) is 0.238. The fourth-order valence-corrected chi connectivity index (χ4v) is 2.60. The van der Waals surface area contributed by atoms with Crippen LogP contribution in [0.3, 0.4) is 0 Å². The number of ether oxygens (including phenoxy) is 4. The van der Waals surface area contributed by atoms with Gasteiger partial charge in [0.2, 0.25) is 11.2 Å². The third kappa shape index (κ3) is 4.25. The number of hydrogen-bond acceptors (Lipinski definition) is 7. The maximum absolute atomic E-state index is 12.8. The van der Waals surface area contributed by atoms with Crippen molar-refractivity contribution in [2.75, 3.05) is 20.3 Å². The Morgan fingerprint density at radius 1 is 1.07 bits per heavy atom. The first-order valence-electron chi connectivity index (χ1n) is 8.69. The van der Waals surface area contributed by atoms with E-state index in [0.29, 0.717) is 34.0 Å². The number of benzene rings is 2. The Balaban J connectivity index is 1.89. The monoisotopic (exact) mass is 384 g/mol. The quantitative estimate of drug-likeness (QED) is 0.572. The number of methoxy groups -OCH3 is 1. The molecule has 0 saturated carbocycles. The van der Waals surface area contributed by atoms with Crippen LogP contribution in [0.2, 0.25) is 0 Å². The van der Waals surface area contributed by atoms with Crippen molar-refractivity contribution in [2.24, 2.45) is 0 Å². The molecular weight excluding hydrogens is 364 g/mol. The van der Waals surface area contributed by atoms with Gasteiger partial charge in [-0.1, -0.05) is 6.07 Å². The summed E-state index contributed by atoms with van der Waals surface area (Å²) < 4.78 is 26.8. The molecule has 3 rings (SSSR count). The highest BCUT2D eigenvalue weighted by atomic mass is 16.6. The van der Waals surface area contributed by atoms with Crippen molar-refractivity contribution >= 4 is 16.9 Å². The van der Waals surface area contributed by atoms with Crippen molar-refractivity contribution in [1.82, 2.24) is 0 Å². The van der Waals surface area contributed by atoms with E-state index in [0.717, 1.165) is 0 Å². The summed E-state index contributed by atoms with van der Waals surface area (Å²) in [6, 6.07) is 11.6. The van der Waals surface area contributed by atoms with Crippen LogP contribution in [-0.2, 0) is 9.53 Å². The summed E-state index contributed by atoms with van der Waals surface area (Å²) >= 11 is 0. The van der Waals surface area contributed by atoms with Crippen LogP contribution in [0.1, 0.15) is 12.7 Å². The molecule has 7 nitrogen and oxygen atoms in total. The summed E-state index contributed by atoms with van der Waals surface area (Å²) in [5.74, 6) is 1.42. The van der Waals surface area contributed by atoms with Gasteiger partial charge >= 0.3 is 5.97 Å². The molecule has 1 aromatic heterocycles. The second kappa shape index (κ2) is 8.47. The standard InChI is InChI=1S/C21H20O7/c1-4-25-19(22)12-26-15-8-9-17-18(11-15)27-13(2)21(20(17)23)28-16-7-5-6-14(10-16)24-3/h5-11H,4,12H2,1-3H3. The molecule has 0 spiro atoms. The summed E-state index contributed by atoms with van der Waals surface area (Å²) in [7, 11) is 1.55. The third-order valence-corrected chi connectivity index (χ3v) is 3.91. The third-order valence-electron chi connectivity index (χ3n) is 3.91. The summed E-state index contributed by atoms with van der Waals surface area (Å²) in [5, 5.41) is 0.340. The Bertz CT molecular complexity index is 1050. The van der Waals surface area contributed by atoms with E-state index in [-0.39, 0.29) is 24.4 Å². The first-order chi connectivity index (χ1) is 13.5. The number of carbonyl (C=O) groups is 1. The van der Waals surface area contributed by atoms with E-state index in [2.05, 4.69) is 0 Å². The topological polar surface area (TPSA) is 84.2 Å². The highest BCUT2D eigenvalue weighted by Crippen LogP contribution is 2.28. The van der Waals surface area contributed by atoms with Gasteiger partial charge in [-0.2, -0.15) is 0 Å². The molecule has 0 aliphatic heterocycles. The van der Waals surface area contributed by atoms with Crippen molar-refractivity contribution in [1.29, 1.82) is 0 Å². The van der Waals surface area contributed by atoms with E-state index >= 15 is 0 Å². The molecule has 0 N–H and O–H groups in total. The van der Waals surface area contributed by atoms with Crippen LogP contribution in [-0.4, -0.2) is 26.3 Å². The van der Waals surface area contributed by atoms with Gasteiger partial charge in [-0.05, 0) is 38.1 Å². The molecule has 0 fully saturated rings. The van der Waals surface area contributed by atoms with Crippen molar-refractivity contribution in [3.8, 4) is 23.0 Å². The van der Waals surface area contributed by atoms with Gasteiger partial charge in [0, 0.05) is 12.1 Å². The summed E-state index contributed by atoms with van der Waals surface area (Å²) in [6.07, 6.45) is 0. The average Bonchev–Trinajstić information content (AvgIpc) is 2.69. The molecule has 0 aliphatic carbocycles. The lowest BCUT2D eigenvalue weighted by Crippen LogP contribution is -2.14. The Morgan fingerprint density at radius 2 is 1.86 bits per heavy atom. The predicted molar refractivity (Wildman–Crippen MR) is 102 cm³/mol. The van der Waals surface area contributed by atoms with Gasteiger partial charge in [-0.3, -0.25) is 4.79 Å². The lowest BCUT2D eigenvalue weighted by atomic mass is 10.2. The number of rotatable bonds is 7. The molecule has 146 valence electrons. The maximum Gasteiger partial charge on any atom is 0.344 e. The maximum atomic E-state index is 12.8. The van der Waals surface area contributed by atoms with E-state index in [1.165, 1.54) is 0 Å². The van der Waals surface area contributed by atoms with Gasteiger partial charge < -0.3 is 23.4 Å². The largest absolute Gasteiger partial charge is 0.497 e. The van der Waals surface area contributed by atoms with Crippen molar-refractivity contribution in [3.63, 3.8) is 0 Å². The van der Waals surface area contributed by atoms with Crippen molar-refractivity contribution < 1.29 is 28.2 Å². The van der Waals surface area contributed by atoms with Gasteiger partial charge in [0.05, 0.1) is 19.1 Å². The first-order valence-corrected chi connectivity index (χ1v) is 8.69. The number of aryl methyl sites for hydroxylation is 1. The van der Waals surface area contributed by atoms with Gasteiger partial charge in [0.25, 0.3) is 0 Å². The van der Waals surface area contributed by atoms with E-state index in [1.54, 1.807) is 63.4 Å². The fourth-order valence-electron chi connectivity index (χ4n) is 2.60. The molecule has 2 aromatic carbocycles. The SMILES string of the molecule is CCOC(=O)COc1ccc2c(=O)c(Oc3cccc(OC)c3)c(C)oc2c1. The molecule has 3 aromatic rings. The number of hydrogen-bond donors (Lipinski definition) is 0. The zero-order valence-electron chi connectivity index (χ0n) is 15.8. The molecule has 0 amide bonds. The van der Waals surface area contributed by atoms with Crippen molar-refractivity contribution in [2.45, 2.75) is 13.8 Å². The van der Waals surface area contributed by atoms with Gasteiger partial charge in [0.15, 0.2) is 6.61 Å². The zero-order chi connectivity index (χ0) is 20.1. The molecule has 0 radical (unpaired) electrons. The molecular formula is C21H20O7. The average molecular weight is 384 g/mol. The molecule has 0 atom stereocenters. The minimum absolute atomic E-state index is 0.0981. The highest BCUT2D eigenvalue weighted by Gasteiger charge is 2.15. The molecule has 28 heavy (non-hydrogen) atoms. The number of esters is 1. The number of carbonyl (C=O) groups excluding carboxylic acids is 1.